The third kappa shape index (κ3) is 7.57. The molecule has 2 aromatic carbocycles. The lowest BCUT2D eigenvalue weighted by Crippen LogP contribution is -2.55. The molecule has 248 valence electrons. The molecule has 10 nitrogen and oxygen atoms in total. The molecule has 0 aliphatic carbocycles. The number of nitrogens with zero attached hydrogens (tertiary/aromatic N) is 3. The van der Waals surface area contributed by atoms with Crippen molar-refractivity contribution in [2.75, 3.05) is 31.2 Å². The normalized spacial score (nSPS) is 22.6. The molecular formula is C31H35Cl2F2N5O5S. The predicted molar refractivity (Wildman–Crippen MR) is 175 cm³/mol. The summed E-state index contributed by atoms with van der Waals surface area (Å²) >= 11 is 12.1. The van der Waals surface area contributed by atoms with Crippen LogP contribution < -0.4 is 10.6 Å². The number of carbonyl (C=O) groups is 2. The summed E-state index contributed by atoms with van der Waals surface area (Å²) < 4.78 is 53.4. The van der Waals surface area contributed by atoms with Crippen LogP contribution in [0.2, 0.25) is 10.0 Å². The van der Waals surface area contributed by atoms with E-state index in [1.54, 1.807) is 4.31 Å². The first-order valence-electron chi connectivity index (χ1n) is 14.7. The van der Waals surface area contributed by atoms with Gasteiger partial charge in [0.05, 0.1) is 15.8 Å². The number of carboxylic acid groups (broad SMARTS) is 1. The number of halogens is 4. The molecule has 2 bridgehead atoms. The molecule has 15 heteroatoms. The summed E-state index contributed by atoms with van der Waals surface area (Å²) in [5.74, 6) is -2.97. The van der Waals surface area contributed by atoms with Crippen LogP contribution in [0.4, 0.5) is 19.3 Å². The van der Waals surface area contributed by atoms with Crippen molar-refractivity contribution in [1.82, 2.24) is 19.5 Å². The summed E-state index contributed by atoms with van der Waals surface area (Å²) in [7, 11) is -1.76. The molecule has 1 aromatic heterocycles. The summed E-state index contributed by atoms with van der Waals surface area (Å²) in [4.78, 5) is 31.3. The van der Waals surface area contributed by atoms with Gasteiger partial charge in [-0.2, -0.15) is 0 Å². The van der Waals surface area contributed by atoms with Crippen LogP contribution in [-0.4, -0.2) is 84.4 Å². The van der Waals surface area contributed by atoms with Gasteiger partial charge in [-0.25, -0.2) is 17.9 Å². The van der Waals surface area contributed by atoms with Crippen molar-refractivity contribution < 1.29 is 32.6 Å². The molecule has 0 saturated carbocycles. The molecular weight excluding hydrogens is 663 g/mol. The fraction of sp³-hybridized carbons (Fsp3) is 0.387. The average molecular weight is 699 g/mol. The number of anilines is 1. The molecule has 2 saturated heterocycles. The van der Waals surface area contributed by atoms with Gasteiger partial charge in [0.1, 0.15) is 17.7 Å². The van der Waals surface area contributed by atoms with Crippen molar-refractivity contribution in [1.29, 1.82) is 0 Å². The first kappa shape index (κ1) is 34.3. The zero-order valence-electron chi connectivity index (χ0n) is 24.9. The van der Waals surface area contributed by atoms with Gasteiger partial charge in [-0.1, -0.05) is 35.3 Å². The van der Waals surface area contributed by atoms with E-state index >= 15 is 4.39 Å². The number of benzene rings is 2. The molecule has 2 fully saturated rings. The second kappa shape index (κ2) is 14.4. The highest BCUT2D eigenvalue weighted by Crippen LogP contribution is 2.49. The minimum absolute atomic E-state index is 0.128. The largest absolute Gasteiger partial charge is 0.465 e. The Balaban J connectivity index is 1.47. The van der Waals surface area contributed by atoms with Gasteiger partial charge in [-0.15, -0.1) is 10.8 Å². The van der Waals surface area contributed by atoms with Gasteiger partial charge in [0, 0.05) is 61.8 Å². The molecule has 5 rings (SSSR count). The Morgan fingerprint density at radius 2 is 1.93 bits per heavy atom. The number of nitrogens with one attached hydrogen (secondary N) is 2. The second-order valence-corrected chi connectivity index (χ2v) is 14.5. The van der Waals surface area contributed by atoms with Crippen LogP contribution >= 0.6 is 34.0 Å². The number of amides is 2. The summed E-state index contributed by atoms with van der Waals surface area (Å²) in [6.07, 6.45) is 3.37. The third-order valence-corrected chi connectivity index (χ3v) is 11.1. The summed E-state index contributed by atoms with van der Waals surface area (Å²) in [5, 5.41) is 16.2. The van der Waals surface area contributed by atoms with E-state index in [0.29, 0.717) is 31.5 Å². The van der Waals surface area contributed by atoms with Crippen LogP contribution in [0, 0.1) is 11.6 Å². The molecule has 46 heavy (non-hydrogen) atoms. The number of aromatic nitrogens is 1. The van der Waals surface area contributed by atoms with Gasteiger partial charge < -0.3 is 15.7 Å². The van der Waals surface area contributed by atoms with E-state index in [1.807, 2.05) is 0 Å². The van der Waals surface area contributed by atoms with E-state index in [2.05, 4.69) is 15.6 Å². The zero-order valence-corrected chi connectivity index (χ0v) is 27.2. The highest BCUT2D eigenvalue weighted by atomic mass is 35.5. The number of hydrogen-bond acceptors (Lipinski definition) is 7. The van der Waals surface area contributed by atoms with Crippen molar-refractivity contribution in [3.8, 4) is 0 Å². The van der Waals surface area contributed by atoms with E-state index in [1.165, 1.54) is 55.8 Å². The number of hydrogen-bond donors (Lipinski definition) is 5. The summed E-state index contributed by atoms with van der Waals surface area (Å²) in [5.41, 5.74) is 0.877. The number of fused-ring (bicyclic) bond motifs is 2. The third-order valence-electron chi connectivity index (χ3n) is 8.59. The minimum Gasteiger partial charge on any atom is -0.465 e. The zero-order chi connectivity index (χ0) is 33.2. The Morgan fingerprint density at radius 3 is 2.65 bits per heavy atom. The van der Waals surface area contributed by atoms with Crippen molar-refractivity contribution in [3.63, 3.8) is 0 Å². The molecule has 5 N–H and O–H groups in total. The van der Waals surface area contributed by atoms with Gasteiger partial charge in [-0.3, -0.25) is 23.8 Å². The number of rotatable bonds is 9. The maximum atomic E-state index is 15.4. The smallest absolute Gasteiger partial charge is 0.407 e. The molecule has 2 aliphatic rings. The van der Waals surface area contributed by atoms with Gasteiger partial charge in [0.15, 0.2) is 0 Å². The minimum atomic E-state index is -2.97. The molecule has 3 aromatic rings. The summed E-state index contributed by atoms with van der Waals surface area (Å²) in [6.45, 7) is 0.970. The van der Waals surface area contributed by atoms with E-state index in [0.717, 1.165) is 17.4 Å². The van der Waals surface area contributed by atoms with Gasteiger partial charge in [-0.05, 0) is 67.1 Å². The second-order valence-electron chi connectivity index (χ2n) is 11.6. The monoisotopic (exact) mass is 697 g/mol. The molecule has 2 amide bonds. The maximum absolute atomic E-state index is 15.4. The molecule has 3 unspecified atom stereocenters. The van der Waals surface area contributed by atoms with Crippen LogP contribution in [-0.2, 0) is 11.2 Å². The lowest BCUT2D eigenvalue weighted by molar-refractivity contribution is -0.120. The van der Waals surface area contributed by atoms with Crippen molar-refractivity contribution in [3.05, 3.63) is 93.2 Å². The van der Waals surface area contributed by atoms with E-state index < -0.39 is 46.4 Å². The molecule has 0 spiro atoms. The maximum Gasteiger partial charge on any atom is 0.407 e. The van der Waals surface area contributed by atoms with Crippen molar-refractivity contribution in [2.24, 2.45) is 0 Å². The van der Waals surface area contributed by atoms with E-state index in [9.17, 15) is 28.2 Å². The fourth-order valence-electron chi connectivity index (χ4n) is 6.25. The van der Waals surface area contributed by atoms with Crippen molar-refractivity contribution >= 4 is 51.7 Å². The van der Waals surface area contributed by atoms with Gasteiger partial charge in [0.2, 0.25) is 5.91 Å². The highest BCUT2D eigenvalue weighted by Gasteiger charge is 2.40. The Kier molecular flexibility index (Phi) is 10.7. The fourth-order valence-corrected chi connectivity index (χ4v) is 8.42. The Bertz CT molecular complexity index is 1600. The summed E-state index contributed by atoms with van der Waals surface area (Å²) in [6, 6.07) is 7.99. The molecule has 5 atom stereocenters. The van der Waals surface area contributed by atoms with Crippen molar-refractivity contribution in [2.45, 2.75) is 49.7 Å². The number of likely N-dealkylation sites (N-methyl/N-ethyl adjacent to an activating group) is 1. The first-order chi connectivity index (χ1) is 21.9. The number of pyridine rings is 1. The standard InChI is InChI=1S/C31H35Cl2F2N5O5S/c1-39(31(42)43)29(28(19-12-20(32)15-36-14-19)18-7-10-24(33)26(35)13-18)30(41)38-27-6-2-5-25(34)23(27)9-8-22-16-37-21-4-3-11-46(44,45)40(22)17-21/h2,5-7,10,12-15,21-22,28-29,37,44-45H,3-4,8-9,11,16-17H2,1H3,(H,38,41)(H,42,43)/t21?,22?,28-,29-/m0/s1. The van der Waals surface area contributed by atoms with Gasteiger partial charge in [0.25, 0.3) is 0 Å². The Morgan fingerprint density at radius 1 is 1.15 bits per heavy atom. The van der Waals surface area contributed by atoms with Gasteiger partial charge >= 0.3 is 6.09 Å². The first-order valence-corrected chi connectivity index (χ1v) is 17.1. The Labute approximate surface area is 277 Å². The quantitative estimate of drug-likeness (QED) is 0.172. The van der Waals surface area contributed by atoms with Crippen LogP contribution in [0.1, 0.15) is 41.9 Å². The number of carbonyl (C=O) groups excluding carboxylic acids is 1. The highest BCUT2D eigenvalue weighted by molar-refractivity contribution is 8.22. The lowest BCUT2D eigenvalue weighted by atomic mass is 9.84. The average Bonchev–Trinajstić information content (AvgIpc) is 3.12. The molecule has 0 radical (unpaired) electrons. The Hall–Kier alpha value is -3.04. The molecule has 2 aliphatic heterocycles. The van der Waals surface area contributed by atoms with E-state index in [-0.39, 0.29) is 51.1 Å². The predicted octanol–water partition coefficient (Wildman–Crippen LogP) is 6.45. The SMILES string of the molecule is CN(C(=O)O)[C@H](C(=O)Nc1cccc(F)c1CCC1CNC2CCCS(O)(O)N1C2)[C@H](c1cncc(Cl)c1)c1ccc(Cl)c(F)c1. The lowest BCUT2D eigenvalue weighted by Gasteiger charge is -2.49. The molecule has 3 heterocycles. The van der Waals surface area contributed by atoms with Crippen LogP contribution in [0.3, 0.4) is 0 Å². The van der Waals surface area contributed by atoms with Crippen LogP contribution in [0.15, 0.2) is 54.9 Å². The number of piperazine rings is 1. The van der Waals surface area contributed by atoms with Crippen LogP contribution in [0.5, 0.6) is 0 Å². The topological polar surface area (TPSA) is 138 Å². The van der Waals surface area contributed by atoms with E-state index in [4.69, 9.17) is 23.2 Å². The van der Waals surface area contributed by atoms with Crippen LogP contribution in [0.25, 0.3) is 0 Å².